The fourth-order valence-electron chi connectivity index (χ4n) is 3.23. The molecule has 1 rings (SSSR count). The summed E-state index contributed by atoms with van der Waals surface area (Å²) >= 11 is 0. The molecular weight excluding hydrogens is 210 g/mol. The van der Waals surface area contributed by atoms with Crippen LogP contribution in [-0.4, -0.2) is 19.8 Å². The summed E-state index contributed by atoms with van der Waals surface area (Å²) in [6.07, 6.45) is 9.37. The van der Waals surface area contributed by atoms with Gasteiger partial charge in [0, 0.05) is 19.8 Å². The van der Waals surface area contributed by atoms with Crippen molar-refractivity contribution >= 4 is 0 Å². The minimum atomic E-state index is 0.382. The summed E-state index contributed by atoms with van der Waals surface area (Å²) in [6.45, 7) is 5.42. The summed E-state index contributed by atoms with van der Waals surface area (Å²) in [5.74, 6) is 2.34. The molecule has 0 radical (unpaired) electrons. The fraction of sp³-hybridized carbons (Fsp3) is 1.00. The molecule has 102 valence electrons. The zero-order valence-electron chi connectivity index (χ0n) is 12.0. The summed E-state index contributed by atoms with van der Waals surface area (Å²) in [7, 11) is 1.77. The molecule has 0 aromatic carbocycles. The molecule has 0 aromatic heterocycles. The Morgan fingerprint density at radius 1 is 1.24 bits per heavy atom. The summed E-state index contributed by atoms with van der Waals surface area (Å²) in [5.41, 5.74) is 6.40. The average molecular weight is 241 g/mol. The van der Waals surface area contributed by atoms with Crippen molar-refractivity contribution in [1.29, 1.82) is 0 Å². The predicted octanol–water partition coefficient (Wildman–Crippen LogP) is 3.59. The first-order valence-electron chi connectivity index (χ1n) is 7.43. The fourth-order valence-corrected chi connectivity index (χ4v) is 3.23. The lowest BCUT2D eigenvalue weighted by molar-refractivity contribution is 0.151. The van der Waals surface area contributed by atoms with Crippen LogP contribution in [0.25, 0.3) is 0 Å². The van der Waals surface area contributed by atoms with Crippen molar-refractivity contribution in [2.45, 2.75) is 64.8 Å². The third kappa shape index (κ3) is 4.97. The Morgan fingerprint density at radius 2 is 1.88 bits per heavy atom. The van der Waals surface area contributed by atoms with Crippen LogP contribution in [0.1, 0.15) is 58.8 Å². The van der Waals surface area contributed by atoms with Crippen molar-refractivity contribution in [1.82, 2.24) is 0 Å². The van der Waals surface area contributed by atoms with Gasteiger partial charge in [-0.05, 0) is 37.0 Å². The number of nitrogens with two attached hydrogens (primary N) is 1. The number of rotatable bonds is 7. The SMILES string of the molecule is CCCC1CCC(C(N)C(C)CCOC)CC1. The molecule has 2 N–H and O–H groups in total. The van der Waals surface area contributed by atoms with Crippen LogP contribution in [0.15, 0.2) is 0 Å². The highest BCUT2D eigenvalue weighted by atomic mass is 16.5. The van der Waals surface area contributed by atoms with Crippen LogP contribution >= 0.6 is 0 Å². The molecule has 2 atom stereocenters. The van der Waals surface area contributed by atoms with Gasteiger partial charge in [0.1, 0.15) is 0 Å². The van der Waals surface area contributed by atoms with Crippen LogP contribution in [0, 0.1) is 17.8 Å². The highest BCUT2D eigenvalue weighted by molar-refractivity contribution is 4.82. The number of ether oxygens (including phenoxy) is 1. The van der Waals surface area contributed by atoms with E-state index >= 15 is 0 Å². The quantitative estimate of drug-likeness (QED) is 0.739. The van der Waals surface area contributed by atoms with Crippen molar-refractivity contribution in [3.63, 3.8) is 0 Å². The second-order valence-electron chi connectivity index (χ2n) is 5.91. The van der Waals surface area contributed by atoms with E-state index in [-0.39, 0.29) is 0 Å². The van der Waals surface area contributed by atoms with Crippen LogP contribution in [0.5, 0.6) is 0 Å². The molecule has 0 bridgehead atoms. The zero-order chi connectivity index (χ0) is 12.7. The second kappa shape index (κ2) is 8.10. The van der Waals surface area contributed by atoms with Gasteiger partial charge >= 0.3 is 0 Å². The van der Waals surface area contributed by atoms with Crippen LogP contribution in [0.3, 0.4) is 0 Å². The summed E-state index contributed by atoms with van der Waals surface area (Å²) in [6, 6.07) is 0.382. The van der Waals surface area contributed by atoms with Crippen LogP contribution in [-0.2, 0) is 4.74 Å². The maximum absolute atomic E-state index is 6.40. The lowest BCUT2D eigenvalue weighted by Crippen LogP contribution is -2.38. The molecule has 0 spiro atoms. The zero-order valence-corrected chi connectivity index (χ0v) is 12.0. The van der Waals surface area contributed by atoms with Gasteiger partial charge in [0.25, 0.3) is 0 Å². The minimum absolute atomic E-state index is 0.382. The number of hydrogen-bond acceptors (Lipinski definition) is 2. The van der Waals surface area contributed by atoms with E-state index in [1.54, 1.807) is 7.11 Å². The highest BCUT2D eigenvalue weighted by Crippen LogP contribution is 2.34. The van der Waals surface area contributed by atoms with E-state index in [1.165, 1.54) is 38.5 Å². The van der Waals surface area contributed by atoms with E-state index in [0.29, 0.717) is 12.0 Å². The Morgan fingerprint density at radius 3 is 2.41 bits per heavy atom. The lowest BCUT2D eigenvalue weighted by Gasteiger charge is -2.34. The lowest BCUT2D eigenvalue weighted by atomic mass is 9.74. The molecule has 0 saturated heterocycles. The van der Waals surface area contributed by atoms with Gasteiger partial charge in [-0.15, -0.1) is 0 Å². The van der Waals surface area contributed by atoms with Crippen LogP contribution in [0.4, 0.5) is 0 Å². The Kier molecular flexibility index (Phi) is 7.14. The monoisotopic (exact) mass is 241 g/mol. The third-order valence-electron chi connectivity index (χ3n) is 4.57. The molecule has 0 heterocycles. The molecule has 17 heavy (non-hydrogen) atoms. The van der Waals surface area contributed by atoms with Crippen molar-refractivity contribution < 1.29 is 4.74 Å². The van der Waals surface area contributed by atoms with E-state index in [4.69, 9.17) is 10.5 Å². The van der Waals surface area contributed by atoms with Gasteiger partial charge < -0.3 is 10.5 Å². The van der Waals surface area contributed by atoms with Gasteiger partial charge in [0.15, 0.2) is 0 Å². The Balaban J connectivity index is 2.27. The van der Waals surface area contributed by atoms with Crippen LogP contribution < -0.4 is 5.73 Å². The van der Waals surface area contributed by atoms with Crippen molar-refractivity contribution in [2.75, 3.05) is 13.7 Å². The van der Waals surface area contributed by atoms with Crippen molar-refractivity contribution in [3.05, 3.63) is 0 Å². The maximum atomic E-state index is 6.40. The summed E-state index contributed by atoms with van der Waals surface area (Å²) < 4.78 is 5.14. The maximum Gasteiger partial charge on any atom is 0.0465 e. The Bertz CT molecular complexity index is 187. The van der Waals surface area contributed by atoms with Gasteiger partial charge in [-0.2, -0.15) is 0 Å². The first-order chi connectivity index (χ1) is 8.19. The summed E-state index contributed by atoms with van der Waals surface area (Å²) in [5, 5.41) is 0. The third-order valence-corrected chi connectivity index (χ3v) is 4.57. The molecule has 0 aliphatic heterocycles. The van der Waals surface area contributed by atoms with Crippen molar-refractivity contribution in [2.24, 2.45) is 23.5 Å². The highest BCUT2D eigenvalue weighted by Gasteiger charge is 2.27. The van der Waals surface area contributed by atoms with E-state index in [2.05, 4.69) is 13.8 Å². The predicted molar refractivity (Wildman–Crippen MR) is 74.0 cm³/mol. The topological polar surface area (TPSA) is 35.2 Å². The van der Waals surface area contributed by atoms with Crippen molar-refractivity contribution in [3.8, 4) is 0 Å². The van der Waals surface area contributed by atoms with E-state index < -0.39 is 0 Å². The van der Waals surface area contributed by atoms with E-state index in [1.807, 2.05) is 0 Å². The van der Waals surface area contributed by atoms with E-state index in [0.717, 1.165) is 24.9 Å². The van der Waals surface area contributed by atoms with Gasteiger partial charge in [-0.25, -0.2) is 0 Å². The normalized spacial score (nSPS) is 28.9. The van der Waals surface area contributed by atoms with Crippen LogP contribution in [0.2, 0.25) is 0 Å². The molecule has 2 unspecified atom stereocenters. The second-order valence-corrected chi connectivity index (χ2v) is 5.91. The molecule has 0 aromatic rings. The average Bonchev–Trinajstić information content (AvgIpc) is 2.36. The molecule has 2 heteroatoms. The standard InChI is InChI=1S/C15H31NO/c1-4-5-13-6-8-14(9-7-13)15(16)12(2)10-11-17-3/h12-15H,4-11,16H2,1-3H3. The molecule has 0 amide bonds. The first kappa shape index (κ1) is 15.0. The van der Waals surface area contributed by atoms with E-state index in [9.17, 15) is 0 Å². The number of methoxy groups -OCH3 is 1. The Hall–Kier alpha value is -0.0800. The van der Waals surface area contributed by atoms with Gasteiger partial charge in [0.2, 0.25) is 0 Å². The Labute approximate surface area is 107 Å². The molecule has 2 nitrogen and oxygen atoms in total. The molecule has 1 aliphatic rings. The van der Waals surface area contributed by atoms with Gasteiger partial charge in [0.05, 0.1) is 0 Å². The largest absolute Gasteiger partial charge is 0.385 e. The first-order valence-corrected chi connectivity index (χ1v) is 7.43. The molecule has 1 aliphatic carbocycles. The smallest absolute Gasteiger partial charge is 0.0465 e. The number of hydrogen-bond donors (Lipinski definition) is 1. The molecule has 1 saturated carbocycles. The molecule has 1 fully saturated rings. The molecular formula is C15H31NO. The van der Waals surface area contributed by atoms with Gasteiger partial charge in [-0.1, -0.05) is 39.5 Å². The summed E-state index contributed by atoms with van der Waals surface area (Å²) in [4.78, 5) is 0. The van der Waals surface area contributed by atoms with Gasteiger partial charge in [-0.3, -0.25) is 0 Å². The minimum Gasteiger partial charge on any atom is -0.385 e.